The third kappa shape index (κ3) is 2.16. The first-order chi connectivity index (χ1) is 12.7. The topological polar surface area (TPSA) is 52.6 Å². The number of hydrogen-bond donors (Lipinski definition) is 0. The molecule has 4 aromatic rings. The average molecular weight is 340 g/mol. The fraction of sp³-hybridized carbons (Fsp3) is 0. The maximum Gasteiger partial charge on any atom is 0.385 e. The molecule has 0 aliphatic carbocycles. The third-order valence-corrected chi connectivity index (χ3v) is 4.50. The highest BCUT2D eigenvalue weighted by molar-refractivity contribution is 6.47. The Kier molecular flexibility index (Phi) is 3.06. The van der Waals surface area contributed by atoms with E-state index in [4.69, 9.17) is 9.47 Å². The number of fused-ring (bicyclic) bond motifs is 4. The maximum atomic E-state index is 12.4. The monoisotopic (exact) mass is 340 g/mol. The zero-order valence-corrected chi connectivity index (χ0v) is 13.6. The summed E-state index contributed by atoms with van der Waals surface area (Å²) in [5.74, 6) is -0.373. The molecular weight excluding hydrogens is 328 g/mol. The summed E-state index contributed by atoms with van der Waals surface area (Å²) in [4.78, 5) is 24.3. The highest BCUT2D eigenvalue weighted by atomic mass is 16.6. The van der Waals surface area contributed by atoms with Gasteiger partial charge in [-0.3, -0.25) is 4.79 Å². The molecule has 0 saturated heterocycles. The van der Waals surface area contributed by atoms with E-state index >= 15 is 0 Å². The SMILES string of the molecule is O=C1Oc2c(Oc3ccccc3)cc3cc4ccccc4cc3c2C1=O. The van der Waals surface area contributed by atoms with E-state index in [2.05, 4.69) is 0 Å². The zero-order chi connectivity index (χ0) is 17.7. The standard InChI is InChI=1S/C22H12O4/c23-20-19-17-11-14-7-5-4-6-13(14)10-15(17)12-18(21(19)26-22(20)24)25-16-8-2-1-3-9-16/h1-12H. The van der Waals surface area contributed by atoms with Gasteiger partial charge in [0, 0.05) is 0 Å². The minimum absolute atomic E-state index is 0.187. The fourth-order valence-corrected chi connectivity index (χ4v) is 3.31. The van der Waals surface area contributed by atoms with Gasteiger partial charge in [0.1, 0.15) is 5.75 Å². The van der Waals surface area contributed by atoms with Crippen LogP contribution in [0.5, 0.6) is 17.2 Å². The first-order valence-corrected chi connectivity index (χ1v) is 8.19. The summed E-state index contributed by atoms with van der Waals surface area (Å²) < 4.78 is 11.1. The lowest BCUT2D eigenvalue weighted by Crippen LogP contribution is -2.10. The van der Waals surface area contributed by atoms with E-state index in [0.29, 0.717) is 16.9 Å². The van der Waals surface area contributed by atoms with Gasteiger partial charge in [-0.15, -0.1) is 0 Å². The lowest BCUT2D eigenvalue weighted by molar-refractivity contribution is -0.128. The summed E-state index contributed by atoms with van der Waals surface area (Å²) in [6.07, 6.45) is 0. The Morgan fingerprint density at radius 2 is 1.42 bits per heavy atom. The zero-order valence-electron chi connectivity index (χ0n) is 13.6. The summed E-state index contributed by atoms with van der Waals surface area (Å²) in [6, 6.07) is 22.8. The molecule has 0 amide bonds. The van der Waals surface area contributed by atoms with Gasteiger partial charge in [0.05, 0.1) is 5.56 Å². The van der Waals surface area contributed by atoms with Crippen LogP contribution in [0.1, 0.15) is 10.4 Å². The van der Waals surface area contributed by atoms with Crippen molar-refractivity contribution in [3.05, 3.63) is 78.4 Å². The van der Waals surface area contributed by atoms with Gasteiger partial charge in [0.25, 0.3) is 5.78 Å². The number of ketones is 1. The Morgan fingerprint density at radius 3 is 2.19 bits per heavy atom. The van der Waals surface area contributed by atoms with Crippen LogP contribution >= 0.6 is 0 Å². The number of Topliss-reactive ketones (excluding diaryl/α,β-unsaturated/α-hetero) is 1. The molecule has 0 bridgehead atoms. The van der Waals surface area contributed by atoms with Crippen LogP contribution in [0.25, 0.3) is 21.5 Å². The molecule has 0 N–H and O–H groups in total. The van der Waals surface area contributed by atoms with Crippen LogP contribution in [0.2, 0.25) is 0 Å². The molecule has 5 rings (SSSR count). The number of benzene rings is 4. The van der Waals surface area contributed by atoms with E-state index in [0.717, 1.165) is 16.2 Å². The third-order valence-electron chi connectivity index (χ3n) is 4.50. The second kappa shape index (κ2) is 5.43. The largest absolute Gasteiger partial charge is 0.453 e. The first-order valence-electron chi connectivity index (χ1n) is 8.19. The van der Waals surface area contributed by atoms with E-state index in [1.807, 2.05) is 54.6 Å². The normalized spacial score (nSPS) is 13.1. The van der Waals surface area contributed by atoms with Crippen LogP contribution < -0.4 is 9.47 Å². The number of para-hydroxylation sites is 1. The molecule has 4 nitrogen and oxygen atoms in total. The van der Waals surface area contributed by atoms with Crippen molar-refractivity contribution < 1.29 is 19.1 Å². The van der Waals surface area contributed by atoms with E-state index in [-0.39, 0.29) is 11.3 Å². The summed E-state index contributed by atoms with van der Waals surface area (Å²) in [7, 11) is 0. The molecule has 0 radical (unpaired) electrons. The fourth-order valence-electron chi connectivity index (χ4n) is 3.31. The minimum Gasteiger partial charge on any atom is -0.453 e. The molecule has 1 aliphatic heterocycles. The lowest BCUT2D eigenvalue weighted by atomic mass is 9.97. The van der Waals surface area contributed by atoms with E-state index in [9.17, 15) is 9.59 Å². The molecule has 1 aliphatic rings. The van der Waals surface area contributed by atoms with Gasteiger partial charge in [0.15, 0.2) is 11.5 Å². The van der Waals surface area contributed by atoms with Crippen LogP contribution in [-0.4, -0.2) is 11.8 Å². The van der Waals surface area contributed by atoms with Crippen LogP contribution in [0.15, 0.2) is 72.8 Å². The lowest BCUT2D eigenvalue weighted by Gasteiger charge is -2.12. The quantitative estimate of drug-likeness (QED) is 0.226. The Balaban J connectivity index is 1.81. The van der Waals surface area contributed by atoms with Crippen LogP contribution in [0, 0.1) is 0 Å². The van der Waals surface area contributed by atoms with Crippen molar-refractivity contribution in [1.29, 1.82) is 0 Å². The summed E-state index contributed by atoms with van der Waals surface area (Å²) in [5, 5.41) is 3.55. The van der Waals surface area contributed by atoms with E-state index in [1.54, 1.807) is 18.2 Å². The first kappa shape index (κ1) is 14.7. The second-order valence-electron chi connectivity index (χ2n) is 6.13. The van der Waals surface area contributed by atoms with Crippen LogP contribution in [0.3, 0.4) is 0 Å². The van der Waals surface area contributed by atoms with Gasteiger partial charge < -0.3 is 9.47 Å². The molecule has 26 heavy (non-hydrogen) atoms. The predicted octanol–water partition coefficient (Wildman–Crippen LogP) is 4.89. The molecule has 0 unspecified atom stereocenters. The van der Waals surface area contributed by atoms with Gasteiger partial charge in [-0.2, -0.15) is 0 Å². The predicted molar refractivity (Wildman–Crippen MR) is 97.9 cm³/mol. The summed E-state index contributed by atoms with van der Waals surface area (Å²) >= 11 is 0. The molecule has 124 valence electrons. The van der Waals surface area contributed by atoms with E-state index in [1.165, 1.54) is 0 Å². The molecular formula is C22H12O4. The van der Waals surface area contributed by atoms with Crippen molar-refractivity contribution in [2.75, 3.05) is 0 Å². The van der Waals surface area contributed by atoms with Gasteiger partial charge in [-0.1, -0.05) is 42.5 Å². The number of carbonyl (C=O) groups is 2. The van der Waals surface area contributed by atoms with Crippen molar-refractivity contribution in [2.45, 2.75) is 0 Å². The van der Waals surface area contributed by atoms with Crippen LogP contribution in [-0.2, 0) is 4.79 Å². The smallest absolute Gasteiger partial charge is 0.385 e. The molecule has 0 saturated carbocycles. The highest BCUT2D eigenvalue weighted by Gasteiger charge is 2.36. The molecule has 0 fully saturated rings. The van der Waals surface area contributed by atoms with Crippen molar-refractivity contribution in [3.63, 3.8) is 0 Å². The molecule has 0 aromatic heterocycles. The maximum absolute atomic E-state index is 12.4. The van der Waals surface area contributed by atoms with E-state index < -0.39 is 11.8 Å². The van der Waals surface area contributed by atoms with Crippen molar-refractivity contribution in [1.82, 2.24) is 0 Å². The number of rotatable bonds is 2. The van der Waals surface area contributed by atoms with Crippen LogP contribution in [0.4, 0.5) is 0 Å². The number of ether oxygens (including phenoxy) is 2. The number of esters is 1. The van der Waals surface area contributed by atoms with Gasteiger partial charge >= 0.3 is 5.97 Å². The summed E-state index contributed by atoms with van der Waals surface area (Å²) in [5.41, 5.74) is 0.268. The number of carbonyl (C=O) groups excluding carboxylic acids is 2. The van der Waals surface area contributed by atoms with Gasteiger partial charge in [-0.25, -0.2) is 4.79 Å². The molecule has 1 heterocycles. The number of hydrogen-bond acceptors (Lipinski definition) is 4. The van der Waals surface area contributed by atoms with Gasteiger partial charge in [0.2, 0.25) is 0 Å². The average Bonchev–Trinajstić information content (AvgIpc) is 2.97. The molecule has 0 spiro atoms. The Bertz CT molecular complexity index is 1210. The Morgan fingerprint density at radius 1 is 0.731 bits per heavy atom. The highest BCUT2D eigenvalue weighted by Crippen LogP contribution is 2.44. The molecule has 4 aromatic carbocycles. The van der Waals surface area contributed by atoms with Gasteiger partial charge in [-0.05, 0) is 51.9 Å². The van der Waals surface area contributed by atoms with Crippen molar-refractivity contribution >= 4 is 33.3 Å². The minimum atomic E-state index is -0.876. The van der Waals surface area contributed by atoms with Crippen molar-refractivity contribution in [3.8, 4) is 17.2 Å². The Labute approximate surface area is 148 Å². The molecule has 0 atom stereocenters. The summed E-state index contributed by atoms with van der Waals surface area (Å²) in [6.45, 7) is 0. The second-order valence-corrected chi connectivity index (χ2v) is 6.13. The van der Waals surface area contributed by atoms with Crippen molar-refractivity contribution in [2.24, 2.45) is 0 Å². The molecule has 4 heteroatoms. The Hall–Kier alpha value is -3.66.